The lowest BCUT2D eigenvalue weighted by atomic mass is 10.3. The van der Waals surface area contributed by atoms with Gasteiger partial charge in [-0.05, 0) is 19.1 Å². The second kappa shape index (κ2) is 7.35. The van der Waals surface area contributed by atoms with E-state index in [0.29, 0.717) is 17.1 Å². The van der Waals surface area contributed by atoms with E-state index in [9.17, 15) is 9.59 Å². The van der Waals surface area contributed by atoms with Gasteiger partial charge in [0.2, 0.25) is 5.91 Å². The Morgan fingerprint density at radius 1 is 1.16 bits per heavy atom. The Labute approximate surface area is 143 Å². The standard InChI is InChI=1S/C17H15N5O3/c1-12-7-16(24)22(11-20-12)10-15(23)21-13-8-18-17(19-9-13)25-14-5-3-2-4-6-14/h2-9,11H,10H2,1H3,(H,21,23). The molecule has 2 heterocycles. The van der Waals surface area contributed by atoms with Crippen molar-refractivity contribution < 1.29 is 9.53 Å². The summed E-state index contributed by atoms with van der Waals surface area (Å²) in [5.74, 6) is 0.235. The molecule has 0 saturated carbocycles. The first-order chi connectivity index (χ1) is 12.1. The Balaban J connectivity index is 1.61. The first kappa shape index (κ1) is 16.3. The zero-order chi connectivity index (χ0) is 17.6. The molecule has 0 bridgehead atoms. The molecular formula is C17H15N5O3. The van der Waals surface area contributed by atoms with Crippen LogP contribution < -0.4 is 15.6 Å². The molecule has 1 N–H and O–H groups in total. The molecule has 25 heavy (non-hydrogen) atoms. The van der Waals surface area contributed by atoms with E-state index in [2.05, 4.69) is 20.3 Å². The van der Waals surface area contributed by atoms with Gasteiger partial charge in [0, 0.05) is 11.8 Å². The van der Waals surface area contributed by atoms with Crippen LogP contribution >= 0.6 is 0 Å². The van der Waals surface area contributed by atoms with E-state index < -0.39 is 0 Å². The average molecular weight is 337 g/mol. The molecular weight excluding hydrogens is 322 g/mol. The summed E-state index contributed by atoms with van der Waals surface area (Å²) in [6.45, 7) is 1.57. The van der Waals surface area contributed by atoms with Gasteiger partial charge in [-0.25, -0.2) is 15.0 Å². The van der Waals surface area contributed by atoms with Gasteiger partial charge in [-0.2, -0.15) is 0 Å². The third-order valence-corrected chi connectivity index (χ3v) is 3.19. The van der Waals surface area contributed by atoms with Crippen molar-refractivity contribution in [2.24, 2.45) is 0 Å². The average Bonchev–Trinajstić information content (AvgIpc) is 2.60. The molecule has 0 aliphatic rings. The zero-order valence-electron chi connectivity index (χ0n) is 13.4. The summed E-state index contributed by atoms with van der Waals surface area (Å²) in [6.07, 6.45) is 4.20. The monoisotopic (exact) mass is 337 g/mol. The number of carbonyl (C=O) groups is 1. The number of benzene rings is 1. The Bertz CT molecular complexity index is 923. The van der Waals surface area contributed by atoms with Crippen LogP contribution in [0.25, 0.3) is 0 Å². The molecule has 126 valence electrons. The predicted molar refractivity (Wildman–Crippen MR) is 90.4 cm³/mol. The van der Waals surface area contributed by atoms with Gasteiger partial charge in [0.05, 0.1) is 24.4 Å². The van der Waals surface area contributed by atoms with Gasteiger partial charge in [-0.1, -0.05) is 18.2 Å². The molecule has 3 aromatic rings. The predicted octanol–water partition coefficient (Wildman–Crippen LogP) is 1.77. The normalized spacial score (nSPS) is 10.3. The SMILES string of the molecule is Cc1cc(=O)n(CC(=O)Nc2cnc(Oc3ccccc3)nc2)cn1. The first-order valence-electron chi connectivity index (χ1n) is 7.48. The number of hydrogen-bond donors (Lipinski definition) is 1. The van der Waals surface area contributed by atoms with E-state index in [1.807, 2.05) is 18.2 Å². The lowest BCUT2D eigenvalue weighted by Gasteiger charge is -2.07. The number of carbonyl (C=O) groups excluding carboxylic acids is 1. The minimum Gasteiger partial charge on any atom is -0.424 e. The second-order valence-corrected chi connectivity index (χ2v) is 5.21. The van der Waals surface area contributed by atoms with Crippen molar-refractivity contribution >= 4 is 11.6 Å². The highest BCUT2D eigenvalue weighted by Crippen LogP contribution is 2.17. The summed E-state index contributed by atoms with van der Waals surface area (Å²) in [7, 11) is 0. The van der Waals surface area contributed by atoms with Gasteiger partial charge < -0.3 is 10.1 Å². The number of para-hydroxylation sites is 1. The van der Waals surface area contributed by atoms with Crippen molar-refractivity contribution in [1.82, 2.24) is 19.5 Å². The van der Waals surface area contributed by atoms with E-state index in [4.69, 9.17) is 4.74 Å². The van der Waals surface area contributed by atoms with Gasteiger partial charge >= 0.3 is 6.01 Å². The number of anilines is 1. The van der Waals surface area contributed by atoms with Gasteiger partial charge in [0.1, 0.15) is 12.3 Å². The molecule has 0 aliphatic heterocycles. The highest BCUT2D eigenvalue weighted by Gasteiger charge is 2.07. The van der Waals surface area contributed by atoms with Crippen molar-refractivity contribution in [3.8, 4) is 11.8 Å². The lowest BCUT2D eigenvalue weighted by molar-refractivity contribution is -0.116. The molecule has 0 radical (unpaired) electrons. The minimum atomic E-state index is -0.381. The van der Waals surface area contributed by atoms with Crippen LogP contribution in [0.15, 0.2) is 59.9 Å². The zero-order valence-corrected chi connectivity index (χ0v) is 13.4. The lowest BCUT2D eigenvalue weighted by Crippen LogP contribution is -2.27. The minimum absolute atomic E-state index is 0.144. The summed E-state index contributed by atoms with van der Waals surface area (Å²) in [6, 6.07) is 10.7. The van der Waals surface area contributed by atoms with Crippen molar-refractivity contribution in [2.45, 2.75) is 13.5 Å². The van der Waals surface area contributed by atoms with Crippen LogP contribution in [-0.2, 0) is 11.3 Å². The number of ether oxygens (including phenoxy) is 1. The third-order valence-electron chi connectivity index (χ3n) is 3.19. The molecule has 8 nitrogen and oxygen atoms in total. The second-order valence-electron chi connectivity index (χ2n) is 5.21. The number of rotatable bonds is 5. The maximum atomic E-state index is 12.0. The molecule has 0 spiro atoms. The largest absolute Gasteiger partial charge is 0.424 e. The fraction of sp³-hybridized carbons (Fsp3) is 0.118. The maximum Gasteiger partial charge on any atom is 0.322 e. The van der Waals surface area contributed by atoms with Gasteiger partial charge in [-0.15, -0.1) is 0 Å². The molecule has 0 unspecified atom stereocenters. The fourth-order valence-electron chi connectivity index (χ4n) is 2.02. The third kappa shape index (κ3) is 4.47. The van der Waals surface area contributed by atoms with E-state index >= 15 is 0 Å². The van der Waals surface area contributed by atoms with Crippen molar-refractivity contribution in [2.75, 3.05) is 5.32 Å². The van der Waals surface area contributed by atoms with Gasteiger partial charge in [-0.3, -0.25) is 14.2 Å². The summed E-state index contributed by atoms with van der Waals surface area (Å²) < 4.78 is 6.69. The first-order valence-corrected chi connectivity index (χ1v) is 7.48. The van der Waals surface area contributed by atoms with Crippen LogP contribution in [0, 0.1) is 6.92 Å². The van der Waals surface area contributed by atoms with E-state index in [1.165, 1.54) is 29.4 Å². The highest BCUT2D eigenvalue weighted by atomic mass is 16.5. The molecule has 1 aromatic carbocycles. The molecule has 0 atom stereocenters. The molecule has 0 saturated heterocycles. The Hall–Kier alpha value is -3.55. The molecule has 3 rings (SSSR count). The fourth-order valence-corrected chi connectivity index (χ4v) is 2.02. The highest BCUT2D eigenvalue weighted by molar-refractivity contribution is 5.90. The van der Waals surface area contributed by atoms with E-state index in [-0.39, 0.29) is 24.0 Å². The molecule has 0 fully saturated rings. The summed E-state index contributed by atoms with van der Waals surface area (Å²) in [4.78, 5) is 35.8. The number of hydrogen-bond acceptors (Lipinski definition) is 6. The van der Waals surface area contributed by atoms with Crippen LogP contribution in [0.2, 0.25) is 0 Å². The number of nitrogens with one attached hydrogen (secondary N) is 1. The summed E-state index contributed by atoms with van der Waals surface area (Å²) in [5, 5.41) is 2.62. The number of aromatic nitrogens is 4. The topological polar surface area (TPSA) is 99.0 Å². The summed E-state index contributed by atoms with van der Waals surface area (Å²) >= 11 is 0. The van der Waals surface area contributed by atoms with E-state index in [0.717, 1.165) is 0 Å². The molecule has 0 aliphatic carbocycles. The van der Waals surface area contributed by atoms with Crippen LogP contribution in [-0.4, -0.2) is 25.4 Å². The van der Waals surface area contributed by atoms with Crippen LogP contribution in [0.1, 0.15) is 5.69 Å². The maximum absolute atomic E-state index is 12.0. The van der Waals surface area contributed by atoms with Crippen molar-refractivity contribution in [3.63, 3.8) is 0 Å². The smallest absolute Gasteiger partial charge is 0.322 e. The molecule has 2 aromatic heterocycles. The van der Waals surface area contributed by atoms with Gasteiger partial charge in [0.25, 0.3) is 5.56 Å². The van der Waals surface area contributed by atoms with Crippen molar-refractivity contribution in [1.29, 1.82) is 0 Å². The van der Waals surface area contributed by atoms with E-state index in [1.54, 1.807) is 19.1 Å². The van der Waals surface area contributed by atoms with Crippen LogP contribution in [0.3, 0.4) is 0 Å². The molecule has 1 amide bonds. The van der Waals surface area contributed by atoms with Crippen LogP contribution in [0.5, 0.6) is 11.8 Å². The Morgan fingerprint density at radius 2 is 1.88 bits per heavy atom. The van der Waals surface area contributed by atoms with Gasteiger partial charge in [0.15, 0.2) is 0 Å². The quantitative estimate of drug-likeness (QED) is 0.762. The van der Waals surface area contributed by atoms with Crippen LogP contribution in [0.4, 0.5) is 5.69 Å². The Morgan fingerprint density at radius 3 is 2.56 bits per heavy atom. The van der Waals surface area contributed by atoms with Crippen molar-refractivity contribution in [3.05, 3.63) is 71.2 Å². The Kier molecular flexibility index (Phi) is 4.79. The number of amides is 1. The number of aryl methyl sites for hydroxylation is 1. The number of nitrogens with zero attached hydrogens (tertiary/aromatic N) is 4. The summed E-state index contributed by atoms with van der Waals surface area (Å²) in [5.41, 5.74) is 0.716. The molecule has 8 heteroatoms.